The highest BCUT2D eigenvalue weighted by atomic mass is 16.5. The molecule has 0 aliphatic carbocycles. The molecule has 0 spiro atoms. The van der Waals surface area contributed by atoms with E-state index in [9.17, 15) is 4.79 Å². The average Bonchev–Trinajstić information content (AvgIpc) is 3.34. The second-order valence-corrected chi connectivity index (χ2v) is 10.4. The van der Waals surface area contributed by atoms with Crippen molar-refractivity contribution < 1.29 is 19.0 Å². The molecule has 0 saturated carbocycles. The second-order valence-electron chi connectivity index (χ2n) is 10.4. The summed E-state index contributed by atoms with van der Waals surface area (Å²) < 4.78 is 17.2. The van der Waals surface area contributed by atoms with Gasteiger partial charge in [-0.2, -0.15) is 0 Å². The van der Waals surface area contributed by atoms with Gasteiger partial charge in [0.05, 0.1) is 5.56 Å². The number of rotatable bonds is 6. The van der Waals surface area contributed by atoms with Gasteiger partial charge in [0.2, 0.25) is 0 Å². The van der Waals surface area contributed by atoms with Crippen LogP contribution in [0.5, 0.6) is 17.2 Å². The Kier molecular flexibility index (Phi) is 24.1. The van der Waals surface area contributed by atoms with E-state index in [1.165, 1.54) is 0 Å². The van der Waals surface area contributed by atoms with E-state index in [4.69, 9.17) is 27.1 Å². The van der Waals surface area contributed by atoms with Crippen molar-refractivity contribution in [3.8, 4) is 279 Å². The fourth-order valence-corrected chi connectivity index (χ4v) is 3.87. The largest absolute Gasteiger partial charge is 0.488 e. The third-order valence-electron chi connectivity index (χ3n) is 6.22. The molecule has 286 valence electrons. The lowest BCUT2D eigenvalue weighted by Gasteiger charge is -2.12. The lowest BCUT2D eigenvalue weighted by atomic mass is 10.0. The van der Waals surface area contributed by atoms with E-state index < -0.39 is 0 Å². The van der Waals surface area contributed by atoms with Gasteiger partial charge in [-0.25, -0.2) is 0 Å². The predicted octanol–water partition coefficient (Wildman–Crippen LogP) is 4.24. The molecule has 0 amide bonds. The van der Waals surface area contributed by atoms with Gasteiger partial charge in [0.1, 0.15) is 36.1 Å². The maximum absolute atomic E-state index is 12.0. The molecule has 4 nitrogen and oxygen atoms in total. The first-order valence-corrected chi connectivity index (χ1v) is 17.7. The molecule has 3 aromatic rings. The first-order valence-electron chi connectivity index (χ1n) is 17.7. The van der Waals surface area contributed by atoms with Gasteiger partial charge in [0.25, 0.3) is 0 Å². The molecule has 3 rings (SSSR count). The molecular formula is C62H14O4. The summed E-state index contributed by atoms with van der Waals surface area (Å²) in [4.78, 5) is 12.0. The van der Waals surface area contributed by atoms with Crippen molar-refractivity contribution in [1.82, 2.24) is 0 Å². The highest BCUT2D eigenvalue weighted by Crippen LogP contribution is 2.29. The highest BCUT2D eigenvalue weighted by molar-refractivity contribution is 6.00. The first-order chi connectivity index (χ1) is 32.7. The molecule has 0 saturated heterocycles. The number of terminal acetylenes is 2. The Hall–Kier alpha value is -12.7. The van der Waals surface area contributed by atoms with Crippen LogP contribution in [0.2, 0.25) is 0 Å². The topological polar surface area (TPSA) is 44.8 Å². The monoisotopic (exact) mass is 822 g/mol. The molecule has 0 atom stereocenters. The molecule has 3 aromatic carbocycles. The smallest absolute Gasteiger partial charge is 0.154 e. The van der Waals surface area contributed by atoms with Crippen LogP contribution < -0.4 is 14.2 Å². The first kappa shape index (κ1) is 47.7. The van der Waals surface area contributed by atoms with E-state index in [1.54, 1.807) is 24.3 Å². The van der Waals surface area contributed by atoms with Gasteiger partial charge in [0.15, 0.2) is 6.29 Å². The number of benzene rings is 3. The molecule has 0 bridgehead atoms. The summed E-state index contributed by atoms with van der Waals surface area (Å²) in [6.45, 7) is 0.0460. The van der Waals surface area contributed by atoms with Gasteiger partial charge in [-0.05, 0) is 129 Å². The Balaban J connectivity index is 1.66. The molecule has 0 heterocycles. The molecule has 0 aliphatic heterocycles. The fourth-order valence-electron chi connectivity index (χ4n) is 3.87. The zero-order valence-corrected chi connectivity index (χ0v) is 33.8. The summed E-state index contributed by atoms with van der Waals surface area (Å²) in [7, 11) is 0. The summed E-state index contributed by atoms with van der Waals surface area (Å²) in [5, 5.41) is 1.67. The molecule has 0 radical (unpaired) electrons. The average molecular weight is 823 g/mol. The molecule has 0 aliphatic rings. The minimum atomic E-state index is 0.0460. The van der Waals surface area contributed by atoms with Crippen molar-refractivity contribution in [2.75, 3.05) is 0 Å². The van der Waals surface area contributed by atoms with Crippen LogP contribution in [0.25, 0.3) is 10.8 Å². The standard InChI is InChI=1S/C62H14O4/c1-3-5-7-9-11-13-15-17-19-21-23-25-27-29-31-33-35-37-39-43-49-64-58-51-56(55-66-62-48-47-57-45-41-42-46-60(57)61(62)54-63)52-59(53-58)65-50-44-40-38-36-34-32-30-28-26-24-22-20-18-16-14-12-10-8-6-4-2/h1-2,41-42,45-48,51-54H,55H2. The number of fused-ring (bicyclic) bond motifs is 1. The quantitative estimate of drug-likeness (QED) is 0.276. The van der Waals surface area contributed by atoms with Crippen molar-refractivity contribution >= 4 is 17.1 Å². The SMILES string of the molecule is C#CC#CC#CC#CC#CC#CC#CC#CC#CC#CC#COc1cc(COc2ccc3ccccc3c2C=O)cc(OC#CC#CC#CC#CC#CC#CC#CC#CC#CC#CC#C)c1. The minimum absolute atomic E-state index is 0.0460. The van der Waals surface area contributed by atoms with Crippen LogP contribution in [0.3, 0.4) is 0 Å². The van der Waals surface area contributed by atoms with Crippen molar-refractivity contribution in [3.05, 3.63) is 65.7 Å². The minimum Gasteiger partial charge on any atom is -0.488 e. The summed E-state index contributed by atoms with van der Waals surface area (Å²) in [6.07, 6.45) is 15.7. The summed E-state index contributed by atoms with van der Waals surface area (Å²) in [5.74, 6) is 100.0. The fraction of sp³-hybridized carbons (Fsp3) is 0.0161. The third-order valence-corrected chi connectivity index (χ3v) is 6.22. The second kappa shape index (κ2) is 33.3. The predicted molar refractivity (Wildman–Crippen MR) is 255 cm³/mol. The third kappa shape index (κ3) is 22.3. The molecule has 0 fully saturated rings. The van der Waals surface area contributed by atoms with Crippen LogP contribution in [0.4, 0.5) is 0 Å². The number of hydrogen-bond acceptors (Lipinski definition) is 4. The zero-order valence-electron chi connectivity index (χ0n) is 33.8. The van der Waals surface area contributed by atoms with Gasteiger partial charge in [-0.3, -0.25) is 4.79 Å². The van der Waals surface area contributed by atoms with E-state index in [0.29, 0.717) is 28.4 Å². The number of ether oxygens (including phenoxy) is 3. The van der Waals surface area contributed by atoms with Gasteiger partial charge in [-0.15, -0.1) is 12.8 Å². The van der Waals surface area contributed by atoms with Crippen molar-refractivity contribution in [1.29, 1.82) is 0 Å². The van der Waals surface area contributed by atoms with Gasteiger partial charge in [-0.1, -0.05) is 30.3 Å². The number of carbonyl (C=O) groups is 1. The van der Waals surface area contributed by atoms with E-state index in [-0.39, 0.29) is 6.61 Å². The Labute approximate surface area is 385 Å². The van der Waals surface area contributed by atoms with E-state index >= 15 is 0 Å². The number of hydrogen-bond donors (Lipinski definition) is 0. The Morgan fingerprint density at radius 1 is 0.394 bits per heavy atom. The summed E-state index contributed by atoms with van der Waals surface area (Å²) >= 11 is 0. The molecule has 0 N–H and O–H groups in total. The zero-order chi connectivity index (χ0) is 46.6. The van der Waals surface area contributed by atoms with Crippen LogP contribution in [-0.4, -0.2) is 6.29 Å². The molecule has 66 heavy (non-hydrogen) atoms. The van der Waals surface area contributed by atoms with Crippen LogP contribution in [0.15, 0.2) is 54.6 Å². The Bertz CT molecular complexity index is 3720. The van der Waals surface area contributed by atoms with Crippen molar-refractivity contribution in [2.24, 2.45) is 0 Å². The summed E-state index contributed by atoms with van der Waals surface area (Å²) in [5.41, 5.74) is 1.04. The molecule has 0 aromatic heterocycles. The molecular weight excluding hydrogens is 809 g/mol. The maximum atomic E-state index is 12.0. The van der Waals surface area contributed by atoms with Crippen LogP contribution in [0.1, 0.15) is 15.9 Å². The van der Waals surface area contributed by atoms with Gasteiger partial charge in [0, 0.05) is 148 Å². The normalized spacial score (nSPS) is 6.27. The van der Waals surface area contributed by atoms with Crippen LogP contribution in [0, 0.1) is 262 Å². The molecule has 0 unspecified atom stereocenters. The van der Waals surface area contributed by atoms with Gasteiger partial charge >= 0.3 is 0 Å². The number of carbonyl (C=O) groups excluding carboxylic acids is 1. The molecule has 4 heteroatoms. The van der Waals surface area contributed by atoms with E-state index in [2.05, 4.69) is 249 Å². The lowest BCUT2D eigenvalue weighted by Crippen LogP contribution is -2.00. The Morgan fingerprint density at radius 2 is 0.727 bits per heavy atom. The van der Waals surface area contributed by atoms with E-state index in [1.807, 2.05) is 30.3 Å². The highest BCUT2D eigenvalue weighted by Gasteiger charge is 2.10. The maximum Gasteiger partial charge on any atom is 0.154 e. The summed E-state index contributed by atoms with van der Waals surface area (Å²) in [6, 6.07) is 16.0. The van der Waals surface area contributed by atoms with Crippen molar-refractivity contribution in [3.63, 3.8) is 0 Å². The van der Waals surface area contributed by atoms with Crippen LogP contribution >= 0.6 is 0 Å². The lowest BCUT2D eigenvalue weighted by molar-refractivity contribution is 0.112. The van der Waals surface area contributed by atoms with Gasteiger partial charge < -0.3 is 14.2 Å². The Morgan fingerprint density at radius 3 is 1.08 bits per heavy atom. The van der Waals surface area contributed by atoms with Crippen molar-refractivity contribution in [2.45, 2.75) is 6.61 Å². The van der Waals surface area contributed by atoms with E-state index in [0.717, 1.165) is 17.1 Å². The number of aldehydes is 1. The van der Waals surface area contributed by atoms with Crippen LogP contribution in [-0.2, 0) is 6.61 Å².